The predicted molar refractivity (Wildman–Crippen MR) is 152 cm³/mol. The van der Waals surface area contributed by atoms with Crippen LogP contribution in [-0.2, 0) is 17.6 Å². The van der Waals surface area contributed by atoms with E-state index >= 15 is 0 Å². The largest absolute Gasteiger partial charge is 0.272 e. The zero-order valence-electron chi connectivity index (χ0n) is 20.0. The molecule has 184 valence electrons. The molecule has 0 saturated carbocycles. The first-order valence-corrected chi connectivity index (χ1v) is 14.4. The highest BCUT2D eigenvalue weighted by molar-refractivity contribution is 9.10. The Bertz CT molecular complexity index is 1520. The topological polar surface area (TPSA) is 76.3 Å². The normalized spacial score (nSPS) is 13.6. The maximum atomic E-state index is 13.8. The second kappa shape index (κ2) is 10.7. The molecule has 0 radical (unpaired) electrons. The third-order valence-electron chi connectivity index (χ3n) is 6.19. The van der Waals surface area contributed by atoms with Gasteiger partial charge in [-0.1, -0.05) is 57.5 Å². The number of rotatable bonds is 6. The number of carbonyl (C=O) groups excluding carboxylic acids is 1. The van der Waals surface area contributed by atoms with Gasteiger partial charge in [0.05, 0.1) is 22.5 Å². The molecular formula is C27H25BrN4O2S2. The van der Waals surface area contributed by atoms with E-state index in [0.29, 0.717) is 10.9 Å². The number of hydrogen-bond acceptors (Lipinski definition) is 6. The molecule has 6 nitrogen and oxygen atoms in total. The van der Waals surface area contributed by atoms with Crippen molar-refractivity contribution < 1.29 is 4.79 Å². The van der Waals surface area contributed by atoms with Gasteiger partial charge in [0.25, 0.3) is 11.5 Å². The number of hydrogen-bond donors (Lipinski definition) is 1. The van der Waals surface area contributed by atoms with Crippen molar-refractivity contribution in [2.24, 2.45) is 5.10 Å². The van der Waals surface area contributed by atoms with Gasteiger partial charge in [0, 0.05) is 9.35 Å². The van der Waals surface area contributed by atoms with Crippen LogP contribution in [0.5, 0.6) is 0 Å². The minimum Gasteiger partial charge on any atom is -0.272 e. The molecule has 1 aliphatic rings. The third kappa shape index (κ3) is 5.19. The number of amides is 1. The van der Waals surface area contributed by atoms with Crippen molar-refractivity contribution in [1.29, 1.82) is 0 Å². The average Bonchev–Trinajstić information content (AvgIpc) is 3.26. The molecule has 9 heteroatoms. The van der Waals surface area contributed by atoms with Gasteiger partial charge in [-0.05, 0) is 74.9 Å². The molecule has 36 heavy (non-hydrogen) atoms. The van der Waals surface area contributed by atoms with E-state index in [0.717, 1.165) is 62.8 Å². The summed E-state index contributed by atoms with van der Waals surface area (Å²) in [7, 11) is 0. The van der Waals surface area contributed by atoms with Crippen molar-refractivity contribution in [2.45, 2.75) is 44.7 Å². The summed E-state index contributed by atoms with van der Waals surface area (Å²) in [6.07, 6.45) is 4.17. The van der Waals surface area contributed by atoms with Gasteiger partial charge in [0.2, 0.25) is 0 Å². The summed E-state index contributed by atoms with van der Waals surface area (Å²) in [6, 6.07) is 15.6. The molecular weight excluding hydrogens is 556 g/mol. The van der Waals surface area contributed by atoms with E-state index in [1.54, 1.807) is 15.9 Å². The summed E-state index contributed by atoms with van der Waals surface area (Å²) in [5.41, 5.74) is 7.23. The molecule has 0 saturated heterocycles. The number of thioether (sulfide) groups is 1. The zero-order valence-corrected chi connectivity index (χ0v) is 23.2. The molecule has 0 unspecified atom stereocenters. The summed E-state index contributed by atoms with van der Waals surface area (Å²) in [5.74, 6) is -0.168. The highest BCUT2D eigenvalue weighted by atomic mass is 79.9. The maximum Gasteiger partial charge on any atom is 0.267 e. The SMILES string of the molecule is C/C(=N/NC(=O)CSc1nc2sc3c(c2c(=O)n1-c1ccc(C)cc1)CCCC3)c1ccc(Br)cc1. The van der Waals surface area contributed by atoms with Crippen LogP contribution in [0.15, 0.2) is 68.1 Å². The Morgan fingerprint density at radius 1 is 1.14 bits per heavy atom. The van der Waals surface area contributed by atoms with Crippen LogP contribution in [0, 0.1) is 6.92 Å². The number of nitrogens with zero attached hydrogens (tertiary/aromatic N) is 3. The van der Waals surface area contributed by atoms with Crippen LogP contribution in [0.4, 0.5) is 0 Å². The lowest BCUT2D eigenvalue weighted by Gasteiger charge is -2.13. The Morgan fingerprint density at radius 3 is 2.61 bits per heavy atom. The van der Waals surface area contributed by atoms with E-state index < -0.39 is 0 Å². The van der Waals surface area contributed by atoms with Gasteiger partial charge >= 0.3 is 0 Å². The number of aryl methyl sites for hydroxylation is 3. The number of benzene rings is 2. The van der Waals surface area contributed by atoms with Gasteiger partial charge in [-0.2, -0.15) is 5.10 Å². The predicted octanol–water partition coefficient (Wildman–Crippen LogP) is 6.03. The Hall–Kier alpha value is -2.75. The van der Waals surface area contributed by atoms with Gasteiger partial charge in [0.15, 0.2) is 5.16 Å². The number of nitrogens with one attached hydrogen (secondary N) is 1. The molecule has 0 spiro atoms. The van der Waals surface area contributed by atoms with Gasteiger partial charge < -0.3 is 0 Å². The first-order valence-electron chi connectivity index (χ1n) is 11.8. The lowest BCUT2D eigenvalue weighted by molar-refractivity contribution is -0.118. The van der Waals surface area contributed by atoms with Crippen LogP contribution in [0.3, 0.4) is 0 Å². The minimum absolute atomic E-state index is 0.0599. The summed E-state index contributed by atoms with van der Waals surface area (Å²) in [5, 5.41) is 5.49. The fourth-order valence-electron chi connectivity index (χ4n) is 4.27. The standard InChI is InChI=1S/C27H25BrN4O2S2/c1-16-7-13-20(14-8-16)32-26(34)24-21-5-3-4-6-22(21)36-25(24)29-27(32)35-15-23(33)31-30-17(2)18-9-11-19(28)12-10-18/h7-14H,3-6,15H2,1-2H3,(H,31,33)/b30-17-. The van der Waals surface area contributed by atoms with Crippen molar-refractivity contribution in [3.63, 3.8) is 0 Å². The van der Waals surface area contributed by atoms with Crippen molar-refractivity contribution in [3.05, 3.63) is 84.9 Å². The van der Waals surface area contributed by atoms with E-state index in [1.165, 1.54) is 16.6 Å². The molecule has 2 heterocycles. The lowest BCUT2D eigenvalue weighted by Crippen LogP contribution is -2.24. The van der Waals surface area contributed by atoms with Crippen LogP contribution in [0.2, 0.25) is 0 Å². The fourth-order valence-corrected chi connectivity index (χ4v) is 6.64. The Labute approximate surface area is 226 Å². The number of carbonyl (C=O) groups is 1. The van der Waals surface area contributed by atoms with Crippen molar-refractivity contribution in [2.75, 3.05) is 5.75 Å². The Kier molecular flexibility index (Phi) is 7.41. The summed E-state index contributed by atoms with van der Waals surface area (Å²) >= 11 is 6.29. The minimum atomic E-state index is -0.258. The van der Waals surface area contributed by atoms with E-state index in [2.05, 4.69) is 26.5 Å². The van der Waals surface area contributed by atoms with Gasteiger partial charge in [0.1, 0.15) is 4.83 Å². The number of hydrazone groups is 1. The van der Waals surface area contributed by atoms with E-state index in [4.69, 9.17) is 4.98 Å². The number of halogens is 1. The smallest absolute Gasteiger partial charge is 0.267 e. The molecule has 0 aliphatic heterocycles. The molecule has 0 atom stereocenters. The second-order valence-electron chi connectivity index (χ2n) is 8.79. The first-order chi connectivity index (χ1) is 17.4. The van der Waals surface area contributed by atoms with Gasteiger partial charge in [-0.3, -0.25) is 14.2 Å². The zero-order chi connectivity index (χ0) is 25.2. The molecule has 1 amide bonds. The second-order valence-corrected chi connectivity index (χ2v) is 11.7. The van der Waals surface area contributed by atoms with Gasteiger partial charge in [-0.15, -0.1) is 11.3 Å². The average molecular weight is 582 g/mol. The molecule has 1 N–H and O–H groups in total. The summed E-state index contributed by atoms with van der Waals surface area (Å²) < 4.78 is 2.63. The van der Waals surface area contributed by atoms with E-state index in [-0.39, 0.29) is 17.2 Å². The Balaban J connectivity index is 1.43. The van der Waals surface area contributed by atoms with Crippen molar-refractivity contribution in [1.82, 2.24) is 15.0 Å². The Morgan fingerprint density at radius 2 is 1.86 bits per heavy atom. The van der Waals surface area contributed by atoms with E-state index in [9.17, 15) is 9.59 Å². The third-order valence-corrected chi connectivity index (χ3v) is 8.85. The summed E-state index contributed by atoms with van der Waals surface area (Å²) in [6.45, 7) is 3.86. The highest BCUT2D eigenvalue weighted by Gasteiger charge is 2.23. The van der Waals surface area contributed by atoms with Gasteiger partial charge in [-0.25, -0.2) is 10.4 Å². The number of aromatic nitrogens is 2. The lowest BCUT2D eigenvalue weighted by atomic mass is 9.97. The molecule has 2 aromatic carbocycles. The van der Waals surface area contributed by atoms with E-state index in [1.807, 2.05) is 62.4 Å². The van der Waals surface area contributed by atoms with Crippen LogP contribution in [0.1, 0.15) is 41.3 Å². The fraction of sp³-hybridized carbons (Fsp3) is 0.259. The molecule has 5 rings (SSSR count). The van der Waals surface area contributed by atoms with Crippen molar-refractivity contribution >= 4 is 60.9 Å². The number of thiophene rings is 1. The van der Waals surface area contributed by atoms with Crippen LogP contribution >= 0.6 is 39.0 Å². The molecule has 0 bridgehead atoms. The highest BCUT2D eigenvalue weighted by Crippen LogP contribution is 2.35. The summed E-state index contributed by atoms with van der Waals surface area (Å²) in [4.78, 5) is 33.4. The molecule has 2 aromatic heterocycles. The molecule has 4 aromatic rings. The first kappa shape index (κ1) is 24.9. The monoisotopic (exact) mass is 580 g/mol. The quantitative estimate of drug-likeness (QED) is 0.131. The van der Waals surface area contributed by atoms with Crippen LogP contribution in [0.25, 0.3) is 15.9 Å². The molecule has 0 fully saturated rings. The van der Waals surface area contributed by atoms with Crippen LogP contribution in [-0.4, -0.2) is 26.9 Å². The maximum absolute atomic E-state index is 13.8. The van der Waals surface area contributed by atoms with Crippen LogP contribution < -0.4 is 11.0 Å². The molecule has 1 aliphatic carbocycles. The van der Waals surface area contributed by atoms with Crippen molar-refractivity contribution in [3.8, 4) is 5.69 Å². The number of fused-ring (bicyclic) bond motifs is 3.